The van der Waals surface area contributed by atoms with Gasteiger partial charge in [-0.3, -0.25) is 4.98 Å². The molecule has 0 amide bonds. The number of rotatable bonds is 7. The number of hydrogen-bond acceptors (Lipinski definition) is 4. The molecule has 5 heteroatoms. The van der Waals surface area contributed by atoms with Crippen LogP contribution in [-0.4, -0.2) is 9.97 Å². The van der Waals surface area contributed by atoms with E-state index in [-0.39, 0.29) is 42.7 Å². The van der Waals surface area contributed by atoms with Crippen LogP contribution in [0.25, 0.3) is 22.4 Å². The first kappa shape index (κ1) is 50.3. The molecule has 1 aliphatic rings. The molecule has 8 aromatic rings. The van der Waals surface area contributed by atoms with Gasteiger partial charge in [0.2, 0.25) is 0 Å². The van der Waals surface area contributed by atoms with Gasteiger partial charge in [0.1, 0.15) is 0 Å². The fourth-order valence-corrected chi connectivity index (χ4v) is 9.99. The maximum atomic E-state index is 7.08. The molecule has 2 aromatic heterocycles. The van der Waals surface area contributed by atoms with E-state index in [4.69, 9.17) is 14.7 Å². The molecular weight excluding hydrogens is 1030 g/mol. The largest absolute Gasteiger partial charge is 2.00 e. The van der Waals surface area contributed by atoms with Crippen LogP contribution in [0, 0.1) is 26.0 Å². The van der Waals surface area contributed by atoms with E-state index in [9.17, 15) is 0 Å². The van der Waals surface area contributed by atoms with Crippen molar-refractivity contribution < 1.29 is 25.8 Å². The Balaban J connectivity index is 0.00000659. The van der Waals surface area contributed by atoms with Crippen LogP contribution in [0.4, 0.5) is 17.1 Å². The summed E-state index contributed by atoms with van der Waals surface area (Å²) in [4.78, 5) is 12.7. The Bertz CT molecular complexity index is 3110. The van der Waals surface area contributed by atoms with Gasteiger partial charge in [0.05, 0.1) is 22.5 Å². The van der Waals surface area contributed by atoms with Crippen molar-refractivity contribution >= 4 is 17.1 Å². The molecule has 0 aliphatic carbocycles. The second-order valence-electron chi connectivity index (χ2n) is 23.2. The molecule has 0 spiro atoms. The van der Waals surface area contributed by atoms with E-state index in [0.29, 0.717) is 11.5 Å². The smallest absolute Gasteiger partial charge is 0.503 e. The first-order chi connectivity index (χ1) is 32.5. The molecule has 0 saturated carbocycles. The van der Waals surface area contributed by atoms with Gasteiger partial charge >= 0.3 is 21.1 Å². The molecule has 0 radical (unpaired) electrons. The van der Waals surface area contributed by atoms with Crippen LogP contribution in [-0.2, 0) is 48.1 Å². The molecular formula is C65H67N3OPt. The number of fused-ring (bicyclic) bond motifs is 2. The standard InChI is InChI=1S/C65H67N3O.Pt/c1-42-19-17-20-43(2)60(42)45-35-44(56-41-49(32-34-66-56)64(12,13)14)36-53(37-45)69-52-22-18-21-50(38-52)65(59-23-15-16-33-67-59)54-39-47(62(6,7)8)26-30-57(54)68(51-28-24-46(25-29-51)61(3,4)5)58-31-27-48(40-55(58)65)63(9,10)11;/h15-35,37,39-41H,1-14H3;/q-2;+2. The predicted molar refractivity (Wildman–Crippen MR) is 288 cm³/mol. The fraction of sp³-hybridized carbons (Fsp3) is 0.292. The average molecular weight is 1100 g/mol. The molecule has 9 rings (SSSR count). The van der Waals surface area contributed by atoms with Gasteiger partial charge in [-0.15, -0.1) is 29.3 Å². The summed E-state index contributed by atoms with van der Waals surface area (Å²) < 4.78 is 7.08. The van der Waals surface area contributed by atoms with Crippen molar-refractivity contribution in [2.24, 2.45) is 0 Å². The summed E-state index contributed by atoms with van der Waals surface area (Å²) in [5.41, 5.74) is 17.5. The molecule has 0 N–H and O–H groups in total. The van der Waals surface area contributed by atoms with Gasteiger partial charge in [-0.25, -0.2) is 0 Å². The van der Waals surface area contributed by atoms with Gasteiger partial charge < -0.3 is 14.6 Å². The second kappa shape index (κ2) is 18.6. The van der Waals surface area contributed by atoms with Gasteiger partial charge in [-0.1, -0.05) is 168 Å². The van der Waals surface area contributed by atoms with E-state index < -0.39 is 5.41 Å². The summed E-state index contributed by atoms with van der Waals surface area (Å²) in [6, 6.07) is 58.5. The van der Waals surface area contributed by atoms with Crippen molar-refractivity contribution in [1.29, 1.82) is 0 Å². The summed E-state index contributed by atoms with van der Waals surface area (Å²) in [6.07, 6.45) is 3.83. The van der Waals surface area contributed by atoms with Crippen molar-refractivity contribution in [1.82, 2.24) is 9.97 Å². The van der Waals surface area contributed by atoms with Crippen molar-refractivity contribution in [3.63, 3.8) is 0 Å². The minimum Gasteiger partial charge on any atom is -0.503 e. The molecule has 0 unspecified atom stereocenters. The van der Waals surface area contributed by atoms with E-state index in [2.05, 4.69) is 241 Å². The maximum absolute atomic E-state index is 7.08. The molecule has 6 aromatic carbocycles. The van der Waals surface area contributed by atoms with Crippen LogP contribution >= 0.6 is 0 Å². The molecule has 70 heavy (non-hydrogen) atoms. The summed E-state index contributed by atoms with van der Waals surface area (Å²) in [5, 5.41) is 0. The number of aryl methyl sites for hydroxylation is 2. The number of ether oxygens (including phenoxy) is 1. The zero-order valence-electron chi connectivity index (χ0n) is 43.5. The van der Waals surface area contributed by atoms with Crippen LogP contribution < -0.4 is 9.64 Å². The first-order valence-corrected chi connectivity index (χ1v) is 24.5. The summed E-state index contributed by atoms with van der Waals surface area (Å²) in [5.74, 6) is 1.18. The first-order valence-electron chi connectivity index (χ1n) is 24.5. The van der Waals surface area contributed by atoms with Crippen LogP contribution in [0.15, 0.2) is 152 Å². The maximum Gasteiger partial charge on any atom is 2.00 e. The minimum absolute atomic E-state index is 0. The van der Waals surface area contributed by atoms with E-state index in [1.165, 1.54) is 38.9 Å². The molecule has 1 aliphatic heterocycles. The molecule has 0 bridgehead atoms. The number of aromatic nitrogens is 2. The van der Waals surface area contributed by atoms with Gasteiger partial charge in [-0.05, 0) is 134 Å². The number of benzene rings is 6. The van der Waals surface area contributed by atoms with Crippen LogP contribution in [0.5, 0.6) is 11.5 Å². The monoisotopic (exact) mass is 1100 g/mol. The van der Waals surface area contributed by atoms with Crippen LogP contribution in [0.3, 0.4) is 0 Å². The predicted octanol–water partition coefficient (Wildman–Crippen LogP) is 17.2. The third-order valence-electron chi connectivity index (χ3n) is 14.0. The average Bonchev–Trinajstić information content (AvgIpc) is 3.29. The van der Waals surface area contributed by atoms with Gasteiger partial charge in [-0.2, -0.15) is 12.1 Å². The zero-order chi connectivity index (χ0) is 49.3. The van der Waals surface area contributed by atoms with Crippen molar-refractivity contribution in [2.45, 2.75) is 124 Å². The Labute approximate surface area is 432 Å². The Morgan fingerprint density at radius 3 is 1.60 bits per heavy atom. The van der Waals surface area contributed by atoms with E-state index in [0.717, 1.165) is 56.3 Å². The Hall–Kier alpha value is -6.09. The molecule has 3 heterocycles. The SMILES string of the molecule is Cc1cccc(C)c1-c1cc(Oc2[c-]c(C3(c4ccccn4)c4cc(C(C)(C)C)ccc4N(c4ccc(C(C)(C)C)cc4)c4ccc(C(C)(C)C)cc43)ccc2)[c-]c(-c2cc(C(C)(C)C)ccn2)c1.[Pt+2]. The summed E-state index contributed by atoms with van der Waals surface area (Å²) in [6.45, 7) is 31.6. The number of anilines is 3. The minimum atomic E-state index is -0.915. The van der Waals surface area contributed by atoms with Crippen LogP contribution in [0.1, 0.15) is 139 Å². The molecule has 358 valence electrons. The Morgan fingerprint density at radius 2 is 1.04 bits per heavy atom. The third-order valence-corrected chi connectivity index (χ3v) is 14.0. The van der Waals surface area contributed by atoms with Gasteiger partial charge in [0.15, 0.2) is 0 Å². The molecule has 0 fully saturated rings. The third kappa shape index (κ3) is 9.45. The Morgan fingerprint density at radius 1 is 0.486 bits per heavy atom. The summed E-state index contributed by atoms with van der Waals surface area (Å²) in [7, 11) is 0. The van der Waals surface area contributed by atoms with Crippen LogP contribution in [0.2, 0.25) is 0 Å². The topological polar surface area (TPSA) is 38.2 Å². The van der Waals surface area contributed by atoms with Crippen molar-refractivity contribution in [3.8, 4) is 33.9 Å². The van der Waals surface area contributed by atoms with Gasteiger partial charge in [0, 0.05) is 29.6 Å². The zero-order valence-corrected chi connectivity index (χ0v) is 45.8. The number of pyridine rings is 2. The van der Waals surface area contributed by atoms with Crippen molar-refractivity contribution in [3.05, 3.63) is 220 Å². The van der Waals surface area contributed by atoms with E-state index in [1.54, 1.807) is 0 Å². The quantitative estimate of drug-likeness (QED) is 0.149. The molecule has 4 nitrogen and oxygen atoms in total. The molecule has 0 saturated heterocycles. The van der Waals surface area contributed by atoms with Crippen molar-refractivity contribution in [2.75, 3.05) is 4.90 Å². The summed E-state index contributed by atoms with van der Waals surface area (Å²) >= 11 is 0. The van der Waals surface area contributed by atoms with E-state index in [1.807, 2.05) is 24.5 Å². The van der Waals surface area contributed by atoms with Gasteiger partial charge in [0.25, 0.3) is 0 Å². The number of nitrogens with zero attached hydrogens (tertiary/aromatic N) is 3. The van der Waals surface area contributed by atoms with E-state index >= 15 is 0 Å². The fourth-order valence-electron chi connectivity index (χ4n) is 9.99. The Kier molecular flexibility index (Phi) is 13.4. The normalized spacial score (nSPS) is 13.5. The molecule has 0 atom stereocenters. The number of hydrogen-bond donors (Lipinski definition) is 0. The second-order valence-corrected chi connectivity index (χ2v) is 23.2.